The van der Waals surface area contributed by atoms with E-state index in [1.165, 1.54) is 6.20 Å². The monoisotopic (exact) mass is 365 g/mol. The first-order chi connectivity index (χ1) is 13.7. The molecule has 4 rings (SSSR count). The third kappa shape index (κ3) is 3.67. The number of ether oxygens (including phenoxy) is 1. The molecule has 5 nitrogen and oxygen atoms in total. The predicted octanol–water partition coefficient (Wildman–Crippen LogP) is 4.66. The Bertz CT molecular complexity index is 1170. The van der Waals surface area contributed by atoms with Crippen LogP contribution >= 0.6 is 0 Å². The molecule has 0 aliphatic rings. The predicted molar refractivity (Wildman–Crippen MR) is 108 cm³/mol. The molecule has 0 bridgehead atoms. The van der Waals surface area contributed by atoms with E-state index in [0.29, 0.717) is 22.7 Å². The fourth-order valence-corrected chi connectivity index (χ4v) is 2.70. The van der Waals surface area contributed by atoms with Crippen LogP contribution < -0.4 is 10.1 Å². The molecule has 0 fully saturated rings. The van der Waals surface area contributed by atoms with Gasteiger partial charge in [0.2, 0.25) is 0 Å². The number of nitrogens with zero attached hydrogens (tertiary/aromatic N) is 2. The summed E-state index contributed by atoms with van der Waals surface area (Å²) >= 11 is 0. The lowest BCUT2D eigenvalue weighted by Gasteiger charge is -2.10. The van der Waals surface area contributed by atoms with Crippen LogP contribution in [0.25, 0.3) is 10.9 Å². The second-order valence-electron chi connectivity index (χ2n) is 5.98. The lowest BCUT2D eigenvalue weighted by molar-refractivity contribution is 0.102. The number of carbonyl (C=O) groups is 1. The number of amides is 1. The smallest absolute Gasteiger partial charge is 0.274 e. The summed E-state index contributed by atoms with van der Waals surface area (Å²) in [5.41, 5.74) is 2.43. The number of aromatic nitrogens is 2. The van der Waals surface area contributed by atoms with Crippen LogP contribution in [0.5, 0.6) is 11.5 Å². The molecule has 0 spiro atoms. The van der Waals surface area contributed by atoms with Crippen molar-refractivity contribution in [1.29, 1.82) is 0 Å². The van der Waals surface area contributed by atoms with Crippen LogP contribution in [0, 0.1) is 12.3 Å². The number of hydrogen-bond acceptors (Lipinski definition) is 4. The van der Waals surface area contributed by atoms with Gasteiger partial charge in [-0.15, -0.1) is 6.42 Å². The van der Waals surface area contributed by atoms with Gasteiger partial charge >= 0.3 is 0 Å². The van der Waals surface area contributed by atoms with Crippen molar-refractivity contribution in [3.63, 3.8) is 0 Å². The molecular weight excluding hydrogens is 350 g/mol. The standard InChI is InChI=1S/C23H15N3O2/c1-2-16-7-12-21(25-15-16)23(27)26-17-8-10-18(11-9-17)28-22-13-14-24-20-6-4-3-5-19(20)22/h1,3-15H,(H,26,27). The molecular formula is C23H15N3O2. The summed E-state index contributed by atoms with van der Waals surface area (Å²) < 4.78 is 5.98. The highest BCUT2D eigenvalue weighted by Gasteiger charge is 2.08. The molecule has 5 heteroatoms. The van der Waals surface area contributed by atoms with Gasteiger partial charge in [-0.25, -0.2) is 4.98 Å². The zero-order valence-electron chi connectivity index (χ0n) is 14.8. The zero-order valence-corrected chi connectivity index (χ0v) is 14.8. The van der Waals surface area contributed by atoms with E-state index in [2.05, 4.69) is 21.2 Å². The van der Waals surface area contributed by atoms with Crippen molar-refractivity contribution in [2.24, 2.45) is 0 Å². The maximum absolute atomic E-state index is 12.3. The summed E-state index contributed by atoms with van der Waals surface area (Å²) in [6, 6.07) is 20.0. The number of terminal acetylenes is 1. The molecule has 4 aromatic rings. The largest absolute Gasteiger partial charge is 0.457 e. The fourth-order valence-electron chi connectivity index (χ4n) is 2.70. The van der Waals surface area contributed by atoms with Crippen LogP contribution in [0.2, 0.25) is 0 Å². The zero-order chi connectivity index (χ0) is 19.3. The van der Waals surface area contributed by atoms with E-state index < -0.39 is 0 Å². The van der Waals surface area contributed by atoms with E-state index >= 15 is 0 Å². The Labute approximate surface area is 162 Å². The first kappa shape index (κ1) is 17.3. The summed E-state index contributed by atoms with van der Waals surface area (Å²) in [5, 5.41) is 3.73. The van der Waals surface area contributed by atoms with E-state index in [0.717, 1.165) is 16.7 Å². The third-order valence-corrected chi connectivity index (χ3v) is 4.11. The Kier molecular flexibility index (Phi) is 4.68. The van der Waals surface area contributed by atoms with Crippen LogP contribution in [-0.2, 0) is 0 Å². The first-order valence-electron chi connectivity index (χ1n) is 8.58. The normalized spacial score (nSPS) is 10.2. The van der Waals surface area contributed by atoms with Gasteiger partial charge in [0.25, 0.3) is 5.91 Å². The fraction of sp³-hybridized carbons (Fsp3) is 0. The number of pyridine rings is 2. The second-order valence-corrected chi connectivity index (χ2v) is 5.98. The molecule has 134 valence electrons. The van der Waals surface area contributed by atoms with Gasteiger partial charge in [0, 0.05) is 29.0 Å². The van der Waals surface area contributed by atoms with Gasteiger partial charge in [0.1, 0.15) is 17.2 Å². The van der Waals surface area contributed by atoms with Crippen molar-refractivity contribution in [3.05, 3.63) is 90.4 Å². The molecule has 2 heterocycles. The van der Waals surface area contributed by atoms with E-state index in [9.17, 15) is 4.79 Å². The summed E-state index contributed by atoms with van der Waals surface area (Å²) in [6.45, 7) is 0. The number of para-hydroxylation sites is 1. The van der Waals surface area contributed by atoms with Gasteiger partial charge in [-0.05, 0) is 54.6 Å². The van der Waals surface area contributed by atoms with Gasteiger partial charge in [0.15, 0.2) is 0 Å². The maximum Gasteiger partial charge on any atom is 0.274 e. The van der Waals surface area contributed by atoms with Crippen molar-refractivity contribution < 1.29 is 9.53 Å². The van der Waals surface area contributed by atoms with E-state index in [4.69, 9.17) is 11.2 Å². The quantitative estimate of drug-likeness (QED) is 0.535. The lowest BCUT2D eigenvalue weighted by atomic mass is 10.2. The van der Waals surface area contributed by atoms with Crippen molar-refractivity contribution in [2.45, 2.75) is 0 Å². The number of hydrogen-bond donors (Lipinski definition) is 1. The molecule has 0 radical (unpaired) electrons. The van der Waals surface area contributed by atoms with Gasteiger partial charge in [-0.1, -0.05) is 18.1 Å². The highest BCUT2D eigenvalue weighted by atomic mass is 16.5. The van der Waals surface area contributed by atoms with Crippen LogP contribution in [0.15, 0.2) is 79.1 Å². The highest BCUT2D eigenvalue weighted by Crippen LogP contribution is 2.29. The lowest BCUT2D eigenvalue weighted by Crippen LogP contribution is -2.13. The SMILES string of the molecule is C#Cc1ccc(C(=O)Nc2ccc(Oc3ccnc4ccccc34)cc2)nc1. The molecule has 0 aliphatic heterocycles. The van der Waals surface area contributed by atoms with Crippen molar-refractivity contribution in [2.75, 3.05) is 5.32 Å². The van der Waals surface area contributed by atoms with Gasteiger partial charge in [-0.3, -0.25) is 9.78 Å². The maximum atomic E-state index is 12.3. The Hall–Kier alpha value is -4.17. The van der Waals surface area contributed by atoms with E-state index in [1.807, 2.05) is 30.3 Å². The summed E-state index contributed by atoms with van der Waals surface area (Å²) in [6.07, 6.45) is 8.50. The number of nitrogens with one attached hydrogen (secondary N) is 1. The molecule has 0 unspecified atom stereocenters. The Morgan fingerprint density at radius 3 is 2.54 bits per heavy atom. The molecule has 2 aromatic heterocycles. The summed E-state index contributed by atoms with van der Waals surface area (Å²) in [7, 11) is 0. The number of rotatable bonds is 4. The molecule has 28 heavy (non-hydrogen) atoms. The molecule has 2 aromatic carbocycles. The Morgan fingerprint density at radius 2 is 1.79 bits per heavy atom. The van der Waals surface area contributed by atoms with Crippen LogP contribution in [0.3, 0.4) is 0 Å². The molecule has 0 aliphatic carbocycles. The highest BCUT2D eigenvalue weighted by molar-refractivity contribution is 6.02. The summed E-state index contributed by atoms with van der Waals surface area (Å²) in [4.78, 5) is 20.7. The number of fused-ring (bicyclic) bond motifs is 1. The topological polar surface area (TPSA) is 64.1 Å². The number of anilines is 1. The molecule has 1 N–H and O–H groups in total. The van der Waals surface area contributed by atoms with Crippen LogP contribution in [-0.4, -0.2) is 15.9 Å². The Morgan fingerprint density at radius 1 is 0.964 bits per heavy atom. The average molecular weight is 365 g/mol. The minimum atomic E-state index is -0.308. The minimum absolute atomic E-state index is 0.294. The molecule has 0 saturated heterocycles. The molecule has 0 saturated carbocycles. The van der Waals surface area contributed by atoms with Crippen molar-refractivity contribution in [1.82, 2.24) is 9.97 Å². The number of benzene rings is 2. The van der Waals surface area contributed by atoms with E-state index in [1.54, 1.807) is 42.6 Å². The van der Waals surface area contributed by atoms with Gasteiger partial charge < -0.3 is 10.1 Å². The first-order valence-corrected chi connectivity index (χ1v) is 8.58. The minimum Gasteiger partial charge on any atom is -0.457 e. The van der Waals surface area contributed by atoms with Crippen molar-refractivity contribution >= 4 is 22.5 Å². The van der Waals surface area contributed by atoms with Gasteiger partial charge in [0.05, 0.1) is 5.52 Å². The number of carbonyl (C=O) groups excluding carboxylic acids is 1. The van der Waals surface area contributed by atoms with E-state index in [-0.39, 0.29) is 5.91 Å². The van der Waals surface area contributed by atoms with Crippen LogP contribution in [0.4, 0.5) is 5.69 Å². The molecule has 1 amide bonds. The second kappa shape index (κ2) is 7.60. The van der Waals surface area contributed by atoms with Crippen molar-refractivity contribution in [3.8, 4) is 23.8 Å². The Balaban J connectivity index is 1.47. The molecule has 0 atom stereocenters. The summed E-state index contributed by atoms with van der Waals surface area (Å²) in [5.74, 6) is 3.54. The average Bonchev–Trinajstić information content (AvgIpc) is 2.75. The van der Waals surface area contributed by atoms with Gasteiger partial charge in [-0.2, -0.15) is 0 Å². The van der Waals surface area contributed by atoms with Crippen LogP contribution in [0.1, 0.15) is 16.1 Å². The third-order valence-electron chi connectivity index (χ3n) is 4.11.